The van der Waals surface area contributed by atoms with Gasteiger partial charge in [0.15, 0.2) is 0 Å². The van der Waals surface area contributed by atoms with Crippen LogP contribution in [-0.4, -0.2) is 30.6 Å². The van der Waals surface area contributed by atoms with E-state index in [4.69, 9.17) is 0 Å². The highest BCUT2D eigenvalue weighted by molar-refractivity contribution is 5.93. The van der Waals surface area contributed by atoms with Crippen LogP contribution in [0.2, 0.25) is 0 Å². The van der Waals surface area contributed by atoms with Gasteiger partial charge in [0.25, 0.3) is 5.91 Å². The maximum atomic E-state index is 12.4. The van der Waals surface area contributed by atoms with Crippen LogP contribution in [0.15, 0.2) is 36.5 Å². The number of aryl methyl sites for hydroxylation is 3. The number of aromatic amines is 2. The minimum Gasteiger partial charge on any atom is -0.349 e. The lowest BCUT2D eigenvalue weighted by Gasteiger charge is -2.00. The molecular formula is C19H20N6O. The molecule has 0 spiro atoms. The fourth-order valence-corrected chi connectivity index (χ4v) is 2.96. The highest BCUT2D eigenvalue weighted by atomic mass is 16.1. The number of carbonyl (C=O) groups excluding carboxylic acids is 1. The Morgan fingerprint density at radius 2 is 2.04 bits per heavy atom. The molecule has 0 radical (unpaired) electrons. The molecule has 7 nitrogen and oxygen atoms in total. The zero-order valence-electron chi connectivity index (χ0n) is 14.9. The molecule has 3 heterocycles. The normalized spacial score (nSPS) is 11.2. The molecule has 0 atom stereocenters. The van der Waals surface area contributed by atoms with Gasteiger partial charge in [-0.1, -0.05) is 0 Å². The molecular weight excluding hydrogens is 328 g/mol. The van der Waals surface area contributed by atoms with Gasteiger partial charge in [-0.3, -0.25) is 9.89 Å². The number of imidazole rings is 1. The van der Waals surface area contributed by atoms with E-state index in [0.717, 1.165) is 28.2 Å². The molecule has 7 heteroatoms. The number of nitrogens with zero attached hydrogens (tertiary/aromatic N) is 3. The molecule has 1 amide bonds. The number of benzene rings is 1. The van der Waals surface area contributed by atoms with Crippen LogP contribution in [0, 0.1) is 13.8 Å². The Balaban J connectivity index is 1.47. The van der Waals surface area contributed by atoms with E-state index in [1.165, 1.54) is 11.1 Å². The fraction of sp³-hybridized carbons (Fsp3) is 0.211. The summed E-state index contributed by atoms with van der Waals surface area (Å²) in [7, 11) is 1.94. The first-order valence-electron chi connectivity index (χ1n) is 8.42. The molecule has 3 N–H and O–H groups in total. The van der Waals surface area contributed by atoms with E-state index < -0.39 is 0 Å². The SMILES string of the molecule is Cc1cc2nc(CNC(=O)c3cc(-c4cccn4C)n[nH]3)[nH]c2cc1C. The molecule has 26 heavy (non-hydrogen) atoms. The lowest BCUT2D eigenvalue weighted by Crippen LogP contribution is -2.23. The van der Waals surface area contributed by atoms with Crippen molar-refractivity contribution >= 4 is 16.9 Å². The van der Waals surface area contributed by atoms with Crippen LogP contribution in [0.1, 0.15) is 27.4 Å². The van der Waals surface area contributed by atoms with Crippen LogP contribution in [0.5, 0.6) is 0 Å². The van der Waals surface area contributed by atoms with Crippen molar-refractivity contribution in [2.45, 2.75) is 20.4 Å². The monoisotopic (exact) mass is 348 g/mol. The third-order valence-corrected chi connectivity index (χ3v) is 4.59. The summed E-state index contributed by atoms with van der Waals surface area (Å²) in [6.07, 6.45) is 1.94. The smallest absolute Gasteiger partial charge is 0.269 e. The van der Waals surface area contributed by atoms with Crippen molar-refractivity contribution in [1.29, 1.82) is 0 Å². The van der Waals surface area contributed by atoms with Crippen LogP contribution < -0.4 is 5.32 Å². The summed E-state index contributed by atoms with van der Waals surface area (Å²) in [5.74, 6) is 0.506. The van der Waals surface area contributed by atoms with Crippen molar-refractivity contribution in [1.82, 2.24) is 30.0 Å². The van der Waals surface area contributed by atoms with E-state index in [0.29, 0.717) is 12.2 Å². The van der Waals surface area contributed by atoms with Crippen LogP contribution in [0.3, 0.4) is 0 Å². The predicted molar refractivity (Wildman–Crippen MR) is 99.7 cm³/mol. The van der Waals surface area contributed by atoms with Gasteiger partial charge in [0.2, 0.25) is 0 Å². The quantitative estimate of drug-likeness (QED) is 0.529. The van der Waals surface area contributed by atoms with Crippen molar-refractivity contribution in [3.63, 3.8) is 0 Å². The van der Waals surface area contributed by atoms with Gasteiger partial charge in [0, 0.05) is 13.2 Å². The Morgan fingerprint density at radius 1 is 1.23 bits per heavy atom. The first-order chi connectivity index (χ1) is 12.5. The molecule has 0 saturated heterocycles. The maximum Gasteiger partial charge on any atom is 0.269 e. The number of rotatable bonds is 4. The number of aromatic nitrogens is 5. The summed E-state index contributed by atoms with van der Waals surface area (Å²) in [6.45, 7) is 4.46. The van der Waals surface area contributed by atoms with Gasteiger partial charge in [0.1, 0.15) is 17.2 Å². The third-order valence-electron chi connectivity index (χ3n) is 4.59. The summed E-state index contributed by atoms with van der Waals surface area (Å²) >= 11 is 0. The maximum absolute atomic E-state index is 12.4. The molecule has 0 aliphatic rings. The molecule has 3 aromatic heterocycles. The van der Waals surface area contributed by atoms with Gasteiger partial charge in [-0.15, -0.1) is 0 Å². The molecule has 0 aliphatic heterocycles. The molecule has 0 fully saturated rings. The molecule has 0 bridgehead atoms. The second kappa shape index (κ2) is 6.18. The van der Waals surface area contributed by atoms with E-state index in [-0.39, 0.29) is 5.91 Å². The van der Waals surface area contributed by atoms with Crippen LogP contribution in [-0.2, 0) is 13.6 Å². The van der Waals surface area contributed by atoms with E-state index in [1.807, 2.05) is 36.0 Å². The number of hydrogen-bond acceptors (Lipinski definition) is 3. The first-order valence-corrected chi connectivity index (χ1v) is 8.42. The minimum atomic E-state index is -0.217. The third kappa shape index (κ3) is 2.88. The zero-order valence-corrected chi connectivity index (χ0v) is 14.9. The van der Waals surface area contributed by atoms with E-state index in [9.17, 15) is 4.79 Å². The predicted octanol–water partition coefficient (Wildman–Crippen LogP) is 2.84. The van der Waals surface area contributed by atoms with E-state index in [1.54, 1.807) is 6.07 Å². The van der Waals surface area contributed by atoms with Crippen LogP contribution >= 0.6 is 0 Å². The summed E-state index contributed by atoms with van der Waals surface area (Å²) in [4.78, 5) is 20.2. The van der Waals surface area contributed by atoms with Crippen LogP contribution in [0.4, 0.5) is 0 Å². The standard InChI is InChI=1S/C19H20N6O/c1-11-7-13-14(8-12(11)2)22-18(21-13)10-20-19(26)16-9-15(23-24-16)17-5-4-6-25(17)3/h4-9H,10H2,1-3H3,(H,20,26)(H,21,22)(H,23,24). The van der Waals surface area contributed by atoms with Crippen LogP contribution in [0.25, 0.3) is 22.4 Å². The summed E-state index contributed by atoms with van der Waals surface area (Å²) in [6, 6.07) is 9.76. The Bertz CT molecular complexity index is 1060. The largest absolute Gasteiger partial charge is 0.349 e. The average molecular weight is 348 g/mol. The number of H-pyrrole nitrogens is 2. The minimum absolute atomic E-state index is 0.217. The van der Waals surface area contributed by atoms with Gasteiger partial charge in [-0.05, 0) is 55.3 Å². The van der Waals surface area contributed by atoms with Crippen molar-refractivity contribution in [3.05, 3.63) is 59.2 Å². The molecule has 4 aromatic rings. The summed E-state index contributed by atoms with van der Waals surface area (Å²) in [5.41, 5.74) is 6.40. The average Bonchev–Trinajstić information content (AvgIpc) is 3.32. The molecule has 0 unspecified atom stereocenters. The molecule has 0 saturated carbocycles. The Hall–Kier alpha value is -3.35. The zero-order chi connectivity index (χ0) is 18.3. The lowest BCUT2D eigenvalue weighted by atomic mass is 10.1. The van der Waals surface area contributed by atoms with Crippen molar-refractivity contribution < 1.29 is 4.79 Å². The van der Waals surface area contributed by atoms with E-state index in [2.05, 4.69) is 45.4 Å². The number of hydrogen-bond donors (Lipinski definition) is 3. The first kappa shape index (κ1) is 16.1. The molecule has 132 valence electrons. The number of carbonyl (C=O) groups is 1. The topological polar surface area (TPSA) is 91.4 Å². The molecule has 1 aromatic carbocycles. The molecule has 0 aliphatic carbocycles. The number of amides is 1. The van der Waals surface area contributed by atoms with Gasteiger partial charge >= 0.3 is 0 Å². The highest BCUT2D eigenvalue weighted by Gasteiger charge is 2.13. The van der Waals surface area contributed by atoms with Gasteiger partial charge < -0.3 is 14.9 Å². The second-order valence-corrected chi connectivity index (χ2v) is 6.49. The van der Waals surface area contributed by atoms with Crippen molar-refractivity contribution in [3.8, 4) is 11.4 Å². The van der Waals surface area contributed by atoms with Gasteiger partial charge in [-0.25, -0.2) is 4.98 Å². The Morgan fingerprint density at radius 3 is 2.81 bits per heavy atom. The van der Waals surface area contributed by atoms with Gasteiger partial charge in [0.05, 0.1) is 23.3 Å². The fourth-order valence-electron chi connectivity index (χ4n) is 2.96. The van der Waals surface area contributed by atoms with Crippen molar-refractivity contribution in [2.24, 2.45) is 7.05 Å². The van der Waals surface area contributed by atoms with Crippen molar-refractivity contribution in [2.75, 3.05) is 0 Å². The highest BCUT2D eigenvalue weighted by Crippen LogP contribution is 2.18. The number of nitrogens with one attached hydrogen (secondary N) is 3. The van der Waals surface area contributed by atoms with E-state index >= 15 is 0 Å². The summed E-state index contributed by atoms with van der Waals surface area (Å²) in [5, 5.41) is 9.88. The Labute approximate surface area is 150 Å². The van der Waals surface area contributed by atoms with Gasteiger partial charge in [-0.2, -0.15) is 5.10 Å². The Kier molecular flexibility index (Phi) is 3.84. The second-order valence-electron chi connectivity index (χ2n) is 6.49. The summed E-state index contributed by atoms with van der Waals surface area (Å²) < 4.78 is 1.95. The lowest BCUT2D eigenvalue weighted by molar-refractivity contribution is 0.0945. The number of fused-ring (bicyclic) bond motifs is 1. The molecule has 4 rings (SSSR count).